The summed E-state index contributed by atoms with van der Waals surface area (Å²) in [6, 6.07) is 0. The maximum Gasteiger partial charge on any atom is 0.219 e. The summed E-state index contributed by atoms with van der Waals surface area (Å²) in [5.41, 5.74) is 0. The van der Waals surface area contributed by atoms with E-state index >= 15 is 0 Å². The number of unbranched alkanes of at least 4 members (excludes halogenated alkanes) is 1. The highest BCUT2D eigenvalue weighted by molar-refractivity contribution is 5.72. The predicted molar refractivity (Wildman–Crippen MR) is 64.4 cm³/mol. The number of carbonyl (C=O) groups is 1. The van der Waals surface area contributed by atoms with Gasteiger partial charge in [0.05, 0.1) is 12.7 Å². The SMILES string of the molecule is CCCCN1CCO[C@@H](CN(C)C(C)=O)C1. The Morgan fingerprint density at radius 3 is 2.94 bits per heavy atom. The summed E-state index contributed by atoms with van der Waals surface area (Å²) in [6.07, 6.45) is 2.66. The van der Waals surface area contributed by atoms with Crippen molar-refractivity contribution in [3.63, 3.8) is 0 Å². The van der Waals surface area contributed by atoms with Crippen LogP contribution in [0.3, 0.4) is 0 Å². The van der Waals surface area contributed by atoms with Crippen LogP contribution in [0, 0.1) is 0 Å². The van der Waals surface area contributed by atoms with Gasteiger partial charge in [-0.2, -0.15) is 0 Å². The van der Waals surface area contributed by atoms with Gasteiger partial charge >= 0.3 is 0 Å². The Morgan fingerprint density at radius 1 is 1.56 bits per heavy atom. The Hall–Kier alpha value is -0.610. The monoisotopic (exact) mass is 228 g/mol. The van der Waals surface area contributed by atoms with Gasteiger partial charge in [-0.1, -0.05) is 13.3 Å². The van der Waals surface area contributed by atoms with E-state index in [9.17, 15) is 4.79 Å². The highest BCUT2D eigenvalue weighted by atomic mass is 16.5. The minimum Gasteiger partial charge on any atom is -0.374 e. The summed E-state index contributed by atoms with van der Waals surface area (Å²) in [5.74, 6) is 0.106. The minimum atomic E-state index is 0.106. The summed E-state index contributed by atoms with van der Waals surface area (Å²) in [4.78, 5) is 15.3. The molecule has 1 atom stereocenters. The second kappa shape index (κ2) is 6.86. The number of carbonyl (C=O) groups excluding carboxylic acids is 1. The molecule has 0 saturated carbocycles. The molecular formula is C12H24N2O2. The third kappa shape index (κ3) is 4.49. The average Bonchev–Trinajstić information content (AvgIpc) is 2.26. The second-order valence-electron chi connectivity index (χ2n) is 4.55. The fourth-order valence-corrected chi connectivity index (χ4v) is 1.91. The van der Waals surface area contributed by atoms with Gasteiger partial charge < -0.3 is 9.64 Å². The van der Waals surface area contributed by atoms with Crippen LogP contribution in [0.1, 0.15) is 26.7 Å². The number of hydrogen-bond acceptors (Lipinski definition) is 3. The zero-order chi connectivity index (χ0) is 12.0. The van der Waals surface area contributed by atoms with Crippen LogP contribution in [0.15, 0.2) is 0 Å². The number of amides is 1. The molecule has 1 fully saturated rings. The van der Waals surface area contributed by atoms with E-state index in [0.717, 1.165) is 26.2 Å². The topological polar surface area (TPSA) is 32.8 Å². The van der Waals surface area contributed by atoms with E-state index in [0.29, 0.717) is 6.54 Å². The molecular weight excluding hydrogens is 204 g/mol. The standard InChI is InChI=1S/C12H24N2O2/c1-4-5-6-14-7-8-16-12(10-14)9-13(3)11(2)15/h12H,4-10H2,1-3H3/t12-/m0/s1. The molecule has 0 aromatic rings. The van der Waals surface area contributed by atoms with Gasteiger partial charge in [-0.15, -0.1) is 0 Å². The van der Waals surface area contributed by atoms with Crippen molar-refractivity contribution in [3.8, 4) is 0 Å². The molecule has 0 N–H and O–H groups in total. The van der Waals surface area contributed by atoms with E-state index in [-0.39, 0.29) is 12.0 Å². The molecule has 1 aliphatic heterocycles. The van der Waals surface area contributed by atoms with Crippen LogP contribution in [0.4, 0.5) is 0 Å². The molecule has 0 bridgehead atoms. The Kier molecular flexibility index (Phi) is 5.77. The van der Waals surface area contributed by atoms with Crippen molar-refractivity contribution in [3.05, 3.63) is 0 Å². The zero-order valence-electron chi connectivity index (χ0n) is 10.7. The summed E-state index contributed by atoms with van der Waals surface area (Å²) in [5, 5.41) is 0. The van der Waals surface area contributed by atoms with E-state index in [1.807, 2.05) is 7.05 Å². The van der Waals surface area contributed by atoms with E-state index < -0.39 is 0 Å². The quantitative estimate of drug-likeness (QED) is 0.703. The van der Waals surface area contributed by atoms with Crippen LogP contribution in [-0.2, 0) is 9.53 Å². The first-order valence-electron chi connectivity index (χ1n) is 6.19. The van der Waals surface area contributed by atoms with Crippen LogP contribution in [0.5, 0.6) is 0 Å². The lowest BCUT2D eigenvalue weighted by atomic mass is 10.2. The summed E-state index contributed by atoms with van der Waals surface area (Å²) in [7, 11) is 1.83. The molecule has 0 spiro atoms. The van der Waals surface area contributed by atoms with E-state index in [1.165, 1.54) is 12.8 Å². The van der Waals surface area contributed by atoms with E-state index in [4.69, 9.17) is 4.74 Å². The van der Waals surface area contributed by atoms with Crippen LogP contribution < -0.4 is 0 Å². The molecule has 1 amide bonds. The number of hydrogen-bond donors (Lipinski definition) is 0. The molecule has 4 nitrogen and oxygen atoms in total. The van der Waals surface area contributed by atoms with Gasteiger partial charge in [-0.3, -0.25) is 9.69 Å². The number of morpholine rings is 1. The van der Waals surface area contributed by atoms with Gasteiger partial charge in [-0.05, 0) is 13.0 Å². The lowest BCUT2D eigenvalue weighted by molar-refractivity contribution is -0.130. The third-order valence-electron chi connectivity index (χ3n) is 3.07. The average molecular weight is 228 g/mol. The van der Waals surface area contributed by atoms with Gasteiger partial charge in [0.2, 0.25) is 5.91 Å². The van der Waals surface area contributed by atoms with Gasteiger partial charge in [0.1, 0.15) is 0 Å². The first-order valence-corrected chi connectivity index (χ1v) is 6.19. The predicted octanol–water partition coefficient (Wildman–Crippen LogP) is 0.966. The molecule has 0 unspecified atom stereocenters. The summed E-state index contributed by atoms with van der Waals surface area (Å²) < 4.78 is 5.67. The maximum atomic E-state index is 11.1. The first-order chi connectivity index (χ1) is 7.63. The highest BCUT2D eigenvalue weighted by Crippen LogP contribution is 2.07. The minimum absolute atomic E-state index is 0.106. The molecule has 0 aromatic heterocycles. The molecule has 94 valence electrons. The molecule has 1 saturated heterocycles. The molecule has 0 aliphatic carbocycles. The van der Waals surface area contributed by atoms with Crippen molar-refractivity contribution < 1.29 is 9.53 Å². The van der Waals surface area contributed by atoms with Crippen molar-refractivity contribution in [1.82, 2.24) is 9.80 Å². The van der Waals surface area contributed by atoms with Crippen molar-refractivity contribution in [2.24, 2.45) is 0 Å². The fraction of sp³-hybridized carbons (Fsp3) is 0.917. The van der Waals surface area contributed by atoms with Crippen molar-refractivity contribution in [2.45, 2.75) is 32.8 Å². The van der Waals surface area contributed by atoms with Crippen LogP contribution in [0.2, 0.25) is 0 Å². The first kappa shape index (κ1) is 13.5. The van der Waals surface area contributed by atoms with E-state index in [1.54, 1.807) is 11.8 Å². The van der Waals surface area contributed by atoms with Gasteiger partial charge in [0.25, 0.3) is 0 Å². The van der Waals surface area contributed by atoms with Gasteiger partial charge in [0, 0.05) is 33.6 Å². The number of ether oxygens (including phenoxy) is 1. The molecule has 4 heteroatoms. The van der Waals surface area contributed by atoms with Crippen LogP contribution in [0.25, 0.3) is 0 Å². The number of likely N-dealkylation sites (N-methyl/N-ethyl adjacent to an activating group) is 1. The van der Waals surface area contributed by atoms with Crippen molar-refractivity contribution in [2.75, 3.05) is 39.8 Å². The Balaban J connectivity index is 2.29. The number of rotatable bonds is 5. The summed E-state index contributed by atoms with van der Waals surface area (Å²) in [6.45, 7) is 8.44. The Bertz CT molecular complexity index is 221. The number of nitrogens with zero attached hydrogens (tertiary/aromatic N) is 2. The van der Waals surface area contributed by atoms with Gasteiger partial charge in [-0.25, -0.2) is 0 Å². The van der Waals surface area contributed by atoms with Crippen molar-refractivity contribution >= 4 is 5.91 Å². The third-order valence-corrected chi connectivity index (χ3v) is 3.07. The van der Waals surface area contributed by atoms with Gasteiger partial charge in [0.15, 0.2) is 0 Å². The molecule has 1 rings (SSSR count). The molecule has 1 heterocycles. The molecule has 1 aliphatic rings. The lowest BCUT2D eigenvalue weighted by Crippen LogP contribution is -2.47. The molecule has 0 radical (unpaired) electrons. The van der Waals surface area contributed by atoms with Crippen LogP contribution in [-0.4, -0.2) is 61.6 Å². The maximum absolute atomic E-state index is 11.1. The fourth-order valence-electron chi connectivity index (χ4n) is 1.91. The smallest absolute Gasteiger partial charge is 0.219 e. The largest absolute Gasteiger partial charge is 0.374 e. The summed E-state index contributed by atoms with van der Waals surface area (Å²) >= 11 is 0. The normalized spacial score (nSPS) is 22.1. The Morgan fingerprint density at radius 2 is 2.31 bits per heavy atom. The second-order valence-corrected chi connectivity index (χ2v) is 4.55. The zero-order valence-corrected chi connectivity index (χ0v) is 10.7. The van der Waals surface area contributed by atoms with Crippen molar-refractivity contribution in [1.29, 1.82) is 0 Å². The molecule has 16 heavy (non-hydrogen) atoms. The highest BCUT2D eigenvalue weighted by Gasteiger charge is 2.21. The molecule has 0 aromatic carbocycles. The van der Waals surface area contributed by atoms with Crippen LogP contribution >= 0.6 is 0 Å². The lowest BCUT2D eigenvalue weighted by Gasteiger charge is -2.34. The Labute approximate surface area is 98.5 Å². The van der Waals surface area contributed by atoms with E-state index in [2.05, 4.69) is 11.8 Å².